The molecule has 3 aromatic carbocycles. The molecule has 0 saturated carbocycles. The van der Waals surface area contributed by atoms with Crippen molar-refractivity contribution in [3.63, 3.8) is 0 Å². The summed E-state index contributed by atoms with van der Waals surface area (Å²) in [4.78, 5) is 4.39. The normalized spacial score (nSPS) is 10.3. The van der Waals surface area contributed by atoms with Crippen molar-refractivity contribution in [1.29, 1.82) is 0 Å². The lowest BCUT2D eigenvalue weighted by atomic mass is 10.3. The number of hydrogen-bond donors (Lipinski definition) is 2. The number of ether oxygens (including phenoxy) is 1. The van der Waals surface area contributed by atoms with Crippen LogP contribution in [0.25, 0.3) is 0 Å². The lowest BCUT2D eigenvalue weighted by Gasteiger charge is -2.12. The molecule has 2 N–H and O–H groups in total. The highest BCUT2D eigenvalue weighted by Gasteiger charge is 2.07. The number of aromatic nitrogens is 3. The van der Waals surface area contributed by atoms with E-state index in [-0.39, 0.29) is 11.8 Å². The van der Waals surface area contributed by atoms with Crippen molar-refractivity contribution in [2.24, 2.45) is 0 Å². The van der Waals surface area contributed by atoms with Crippen molar-refractivity contribution in [2.75, 3.05) is 10.6 Å². The number of nitrogens with zero attached hydrogens (tertiary/aromatic N) is 3. The molecule has 1 heterocycles. The second-order valence-corrected chi connectivity index (χ2v) is 5.83. The van der Waals surface area contributed by atoms with Crippen molar-refractivity contribution in [3.8, 4) is 11.5 Å². The highest BCUT2D eigenvalue weighted by atomic mass is 19.1. The van der Waals surface area contributed by atoms with Crippen molar-refractivity contribution in [2.45, 2.75) is 0 Å². The lowest BCUT2D eigenvalue weighted by Crippen LogP contribution is -2.03. The topological polar surface area (TPSA) is 72.0 Å². The van der Waals surface area contributed by atoms with Gasteiger partial charge in [0, 0.05) is 5.69 Å². The van der Waals surface area contributed by atoms with E-state index in [1.807, 2.05) is 54.6 Å². The molecule has 0 amide bonds. The molecule has 0 spiro atoms. The fourth-order valence-electron chi connectivity index (χ4n) is 2.49. The number of benzene rings is 3. The maximum atomic E-state index is 13.0. The van der Waals surface area contributed by atoms with E-state index >= 15 is 0 Å². The first-order chi connectivity index (χ1) is 13.8. The average Bonchev–Trinajstić information content (AvgIpc) is 2.72. The molecular formula is C21H16FN5O. The maximum Gasteiger partial charge on any atom is 0.249 e. The molecule has 0 fully saturated rings. The molecule has 6 nitrogen and oxygen atoms in total. The van der Waals surface area contributed by atoms with Crippen molar-refractivity contribution < 1.29 is 9.13 Å². The van der Waals surface area contributed by atoms with E-state index in [1.54, 1.807) is 12.1 Å². The minimum absolute atomic E-state index is 0.290. The number of halogens is 1. The Morgan fingerprint density at radius 1 is 0.786 bits per heavy atom. The average molecular weight is 373 g/mol. The van der Waals surface area contributed by atoms with Crippen LogP contribution in [0.3, 0.4) is 0 Å². The Kier molecular flexibility index (Phi) is 5.06. The fourth-order valence-corrected chi connectivity index (χ4v) is 2.49. The Balaban J connectivity index is 1.52. The van der Waals surface area contributed by atoms with E-state index in [9.17, 15) is 4.39 Å². The van der Waals surface area contributed by atoms with Gasteiger partial charge in [0.25, 0.3) is 0 Å². The molecule has 1 aromatic heterocycles. The van der Waals surface area contributed by atoms with E-state index in [0.29, 0.717) is 17.3 Å². The van der Waals surface area contributed by atoms with Gasteiger partial charge in [-0.1, -0.05) is 30.3 Å². The second kappa shape index (κ2) is 8.13. The van der Waals surface area contributed by atoms with Gasteiger partial charge < -0.3 is 15.4 Å². The zero-order chi connectivity index (χ0) is 19.2. The number of nitrogens with one attached hydrogen (secondary N) is 2. The van der Waals surface area contributed by atoms with Crippen LogP contribution in [0.1, 0.15) is 0 Å². The van der Waals surface area contributed by atoms with Gasteiger partial charge in [0.2, 0.25) is 5.95 Å². The van der Waals surface area contributed by atoms with Crippen LogP contribution in [0.15, 0.2) is 85.1 Å². The molecule has 4 aromatic rings. The zero-order valence-electron chi connectivity index (χ0n) is 14.7. The Hall–Kier alpha value is -4.00. The van der Waals surface area contributed by atoms with Crippen LogP contribution in [0.2, 0.25) is 0 Å². The van der Waals surface area contributed by atoms with Crippen LogP contribution >= 0.6 is 0 Å². The summed E-state index contributed by atoms with van der Waals surface area (Å²) in [6.45, 7) is 0. The summed E-state index contributed by atoms with van der Waals surface area (Å²) in [7, 11) is 0. The van der Waals surface area contributed by atoms with Crippen LogP contribution in [0, 0.1) is 5.82 Å². The largest absolute Gasteiger partial charge is 0.455 e. The molecule has 0 atom stereocenters. The number of para-hydroxylation sites is 3. The standard InChI is InChI=1S/C21H16FN5O/c22-15-10-12-16(13-11-15)24-21-26-20(14-23-27-21)25-18-8-4-5-9-19(18)28-17-6-2-1-3-7-17/h1-14H,(H2,24,25,26,27). The van der Waals surface area contributed by atoms with E-state index in [1.165, 1.54) is 18.3 Å². The first-order valence-electron chi connectivity index (χ1n) is 8.57. The lowest BCUT2D eigenvalue weighted by molar-refractivity contribution is 0.485. The van der Waals surface area contributed by atoms with Crippen LogP contribution < -0.4 is 15.4 Å². The van der Waals surface area contributed by atoms with Crippen molar-refractivity contribution in [3.05, 3.63) is 90.9 Å². The van der Waals surface area contributed by atoms with Gasteiger partial charge in [0.05, 0.1) is 11.9 Å². The molecular weight excluding hydrogens is 357 g/mol. The molecule has 0 saturated heterocycles. The predicted octanol–water partition coefficient (Wildman–Crippen LogP) is 5.29. The van der Waals surface area contributed by atoms with Gasteiger partial charge >= 0.3 is 0 Å². The third-order valence-electron chi connectivity index (χ3n) is 3.78. The minimum Gasteiger partial charge on any atom is -0.455 e. The summed E-state index contributed by atoms with van der Waals surface area (Å²) in [6, 6.07) is 23.0. The highest BCUT2D eigenvalue weighted by Crippen LogP contribution is 2.31. The van der Waals surface area contributed by atoms with E-state index in [0.717, 1.165) is 11.4 Å². The molecule has 0 aliphatic rings. The maximum absolute atomic E-state index is 13.0. The molecule has 0 aliphatic heterocycles. The zero-order valence-corrected chi connectivity index (χ0v) is 14.7. The highest BCUT2D eigenvalue weighted by molar-refractivity contribution is 5.65. The van der Waals surface area contributed by atoms with Crippen LogP contribution in [-0.2, 0) is 0 Å². The van der Waals surface area contributed by atoms with Gasteiger partial charge in [-0.3, -0.25) is 0 Å². The van der Waals surface area contributed by atoms with E-state index in [2.05, 4.69) is 25.8 Å². The van der Waals surface area contributed by atoms with E-state index < -0.39 is 0 Å². The summed E-state index contributed by atoms with van der Waals surface area (Å²) in [5, 5.41) is 14.1. The third kappa shape index (κ3) is 4.39. The summed E-state index contributed by atoms with van der Waals surface area (Å²) in [6.07, 6.45) is 1.51. The van der Waals surface area contributed by atoms with Crippen LogP contribution in [0.4, 0.5) is 27.5 Å². The second-order valence-electron chi connectivity index (χ2n) is 5.83. The summed E-state index contributed by atoms with van der Waals surface area (Å²) >= 11 is 0. The summed E-state index contributed by atoms with van der Waals surface area (Å²) < 4.78 is 19.0. The molecule has 0 aliphatic carbocycles. The van der Waals surface area contributed by atoms with Gasteiger partial charge in [0.1, 0.15) is 11.6 Å². The molecule has 0 bridgehead atoms. The molecule has 7 heteroatoms. The number of hydrogen-bond acceptors (Lipinski definition) is 6. The molecule has 0 unspecified atom stereocenters. The van der Waals surface area contributed by atoms with E-state index in [4.69, 9.17) is 4.74 Å². The van der Waals surface area contributed by atoms with Gasteiger partial charge in [-0.25, -0.2) is 4.39 Å². The Bertz CT molecular complexity index is 1060. The number of anilines is 4. The molecule has 0 radical (unpaired) electrons. The first-order valence-corrected chi connectivity index (χ1v) is 8.57. The molecule has 4 rings (SSSR count). The SMILES string of the molecule is Fc1ccc(Nc2nncc(Nc3ccccc3Oc3ccccc3)n2)cc1. The van der Waals surface area contributed by atoms with Gasteiger partial charge in [-0.15, -0.1) is 5.10 Å². The summed E-state index contributed by atoms with van der Waals surface area (Å²) in [5.41, 5.74) is 1.40. The van der Waals surface area contributed by atoms with Gasteiger partial charge in [0.15, 0.2) is 11.6 Å². The first kappa shape index (κ1) is 17.4. The van der Waals surface area contributed by atoms with Crippen LogP contribution in [-0.4, -0.2) is 15.2 Å². The third-order valence-corrected chi connectivity index (χ3v) is 3.78. The Labute approximate surface area is 161 Å². The Morgan fingerprint density at radius 2 is 1.54 bits per heavy atom. The van der Waals surface area contributed by atoms with Gasteiger partial charge in [-0.05, 0) is 48.5 Å². The Morgan fingerprint density at radius 3 is 2.36 bits per heavy atom. The quantitative estimate of drug-likeness (QED) is 0.478. The van der Waals surface area contributed by atoms with Crippen molar-refractivity contribution in [1.82, 2.24) is 15.2 Å². The molecule has 138 valence electrons. The smallest absolute Gasteiger partial charge is 0.249 e. The minimum atomic E-state index is -0.310. The van der Waals surface area contributed by atoms with Gasteiger partial charge in [-0.2, -0.15) is 10.1 Å². The number of rotatable bonds is 6. The summed E-state index contributed by atoms with van der Waals surface area (Å²) in [5.74, 6) is 1.86. The van der Waals surface area contributed by atoms with Crippen LogP contribution in [0.5, 0.6) is 11.5 Å². The molecule has 28 heavy (non-hydrogen) atoms. The predicted molar refractivity (Wildman–Crippen MR) is 106 cm³/mol. The van der Waals surface area contributed by atoms with Crippen molar-refractivity contribution >= 4 is 23.1 Å². The fraction of sp³-hybridized carbons (Fsp3) is 0. The monoisotopic (exact) mass is 373 g/mol.